The van der Waals surface area contributed by atoms with Gasteiger partial charge in [0.1, 0.15) is 0 Å². The summed E-state index contributed by atoms with van der Waals surface area (Å²) in [7, 11) is 0. The van der Waals surface area contributed by atoms with Crippen LogP contribution in [0.4, 0.5) is 0 Å². The molecule has 0 aliphatic carbocycles. The molecule has 0 fully saturated rings. The van der Waals surface area contributed by atoms with Crippen molar-refractivity contribution in [3.05, 3.63) is 34.9 Å². The largest absolute Gasteiger partial charge is 0.324 e. The van der Waals surface area contributed by atoms with Gasteiger partial charge in [-0.3, -0.25) is 0 Å². The lowest BCUT2D eigenvalue weighted by molar-refractivity contribution is 0.286. The van der Waals surface area contributed by atoms with E-state index in [2.05, 4.69) is 59.7 Å². The summed E-state index contributed by atoms with van der Waals surface area (Å²) in [5.41, 5.74) is 10.8. The predicted molar refractivity (Wildman–Crippen MR) is 80.7 cm³/mol. The molecule has 0 aliphatic rings. The summed E-state index contributed by atoms with van der Waals surface area (Å²) >= 11 is 0. The first-order valence-electron chi connectivity index (χ1n) is 7.02. The first-order valence-corrected chi connectivity index (χ1v) is 7.02. The summed E-state index contributed by atoms with van der Waals surface area (Å²) in [6.07, 6.45) is 2.30. The van der Waals surface area contributed by atoms with Crippen LogP contribution in [0.2, 0.25) is 0 Å². The van der Waals surface area contributed by atoms with Crippen LogP contribution in [0.15, 0.2) is 18.2 Å². The van der Waals surface area contributed by atoms with Crippen molar-refractivity contribution in [3.8, 4) is 0 Å². The normalized spacial score (nSPS) is 15.5. The summed E-state index contributed by atoms with van der Waals surface area (Å²) < 4.78 is 0. The van der Waals surface area contributed by atoms with E-state index in [1.807, 2.05) is 0 Å². The third-order valence-corrected chi connectivity index (χ3v) is 3.66. The molecule has 1 rings (SSSR count). The summed E-state index contributed by atoms with van der Waals surface area (Å²) in [5, 5.41) is 0. The smallest absolute Gasteiger partial charge is 0.0300 e. The molecule has 0 saturated heterocycles. The molecule has 0 aromatic heterocycles. The minimum Gasteiger partial charge on any atom is -0.324 e. The second-order valence-electron chi connectivity index (χ2n) is 7.00. The third-order valence-electron chi connectivity index (χ3n) is 3.66. The topological polar surface area (TPSA) is 26.0 Å². The molecule has 2 atom stereocenters. The molecule has 18 heavy (non-hydrogen) atoms. The van der Waals surface area contributed by atoms with Gasteiger partial charge in [0.2, 0.25) is 0 Å². The van der Waals surface area contributed by atoms with Crippen LogP contribution in [0.3, 0.4) is 0 Å². The maximum Gasteiger partial charge on any atom is 0.0300 e. The van der Waals surface area contributed by atoms with Crippen LogP contribution in [-0.2, 0) is 0 Å². The highest BCUT2D eigenvalue weighted by Gasteiger charge is 2.19. The second kappa shape index (κ2) is 5.88. The van der Waals surface area contributed by atoms with Crippen molar-refractivity contribution in [1.82, 2.24) is 0 Å². The Morgan fingerprint density at radius 2 is 1.78 bits per heavy atom. The monoisotopic (exact) mass is 247 g/mol. The van der Waals surface area contributed by atoms with Crippen molar-refractivity contribution in [2.45, 2.75) is 60.4 Å². The van der Waals surface area contributed by atoms with E-state index < -0.39 is 0 Å². The number of hydrogen-bond acceptors (Lipinski definition) is 1. The van der Waals surface area contributed by atoms with Crippen LogP contribution in [0, 0.1) is 25.2 Å². The molecule has 1 heteroatoms. The quantitative estimate of drug-likeness (QED) is 0.815. The lowest BCUT2D eigenvalue weighted by Gasteiger charge is -2.26. The van der Waals surface area contributed by atoms with Gasteiger partial charge in [-0.2, -0.15) is 0 Å². The molecule has 0 heterocycles. The first-order chi connectivity index (χ1) is 8.20. The summed E-state index contributed by atoms with van der Waals surface area (Å²) in [5.74, 6) is 0.667. The van der Waals surface area contributed by atoms with E-state index in [9.17, 15) is 0 Å². The van der Waals surface area contributed by atoms with Gasteiger partial charge >= 0.3 is 0 Å². The predicted octanol–water partition coefficient (Wildman–Crippen LogP) is 4.77. The van der Waals surface area contributed by atoms with Crippen LogP contribution >= 0.6 is 0 Å². The molecule has 102 valence electrons. The average molecular weight is 247 g/mol. The fourth-order valence-electron chi connectivity index (χ4n) is 2.86. The number of nitrogens with two attached hydrogens (primary N) is 1. The Morgan fingerprint density at radius 1 is 1.17 bits per heavy atom. The molecule has 0 bridgehead atoms. The van der Waals surface area contributed by atoms with Crippen molar-refractivity contribution >= 4 is 0 Å². The first kappa shape index (κ1) is 15.2. The van der Waals surface area contributed by atoms with Crippen molar-refractivity contribution in [2.24, 2.45) is 17.1 Å². The molecule has 2 unspecified atom stereocenters. The molecule has 0 radical (unpaired) electrons. The molecule has 1 aromatic rings. The maximum absolute atomic E-state index is 6.38. The van der Waals surface area contributed by atoms with Crippen LogP contribution in [0.1, 0.15) is 63.3 Å². The molecule has 0 amide bonds. The van der Waals surface area contributed by atoms with Crippen LogP contribution in [0.25, 0.3) is 0 Å². The van der Waals surface area contributed by atoms with E-state index >= 15 is 0 Å². The number of hydrogen-bond donors (Lipinski definition) is 1. The van der Waals surface area contributed by atoms with Crippen molar-refractivity contribution < 1.29 is 0 Å². The van der Waals surface area contributed by atoms with Crippen molar-refractivity contribution in [2.75, 3.05) is 0 Å². The van der Waals surface area contributed by atoms with E-state index in [0.29, 0.717) is 11.3 Å². The Morgan fingerprint density at radius 3 is 2.33 bits per heavy atom. The van der Waals surface area contributed by atoms with Gasteiger partial charge in [-0.05, 0) is 54.7 Å². The standard InChI is InChI=1S/C17H29N/c1-12(11-17(4,5)6)10-16(18)15-9-7-8-13(2)14(15)3/h7-9,12,16H,10-11,18H2,1-6H3. The van der Waals surface area contributed by atoms with Gasteiger partial charge in [0, 0.05) is 6.04 Å². The Kier molecular flexibility index (Phi) is 4.98. The molecule has 0 saturated carbocycles. The van der Waals surface area contributed by atoms with E-state index in [-0.39, 0.29) is 6.04 Å². The molecule has 2 N–H and O–H groups in total. The Hall–Kier alpha value is -0.820. The zero-order chi connectivity index (χ0) is 13.9. The SMILES string of the molecule is Cc1cccc(C(N)CC(C)CC(C)(C)C)c1C. The van der Waals surface area contributed by atoms with Crippen LogP contribution in [-0.4, -0.2) is 0 Å². The molecule has 1 aromatic carbocycles. The fourth-order valence-corrected chi connectivity index (χ4v) is 2.86. The Labute approximate surface area is 113 Å². The lowest BCUT2D eigenvalue weighted by atomic mass is 9.81. The van der Waals surface area contributed by atoms with E-state index in [1.54, 1.807) is 0 Å². The number of rotatable bonds is 4. The Bertz CT molecular complexity index is 387. The van der Waals surface area contributed by atoms with Crippen molar-refractivity contribution in [3.63, 3.8) is 0 Å². The number of benzene rings is 1. The third kappa shape index (κ3) is 4.45. The Balaban J connectivity index is 2.71. The maximum atomic E-state index is 6.38. The average Bonchev–Trinajstić information content (AvgIpc) is 2.18. The van der Waals surface area contributed by atoms with Gasteiger partial charge in [0.05, 0.1) is 0 Å². The van der Waals surface area contributed by atoms with Gasteiger partial charge in [0.25, 0.3) is 0 Å². The summed E-state index contributed by atoms with van der Waals surface area (Å²) in [4.78, 5) is 0. The van der Waals surface area contributed by atoms with Gasteiger partial charge in [-0.25, -0.2) is 0 Å². The van der Waals surface area contributed by atoms with Crippen LogP contribution in [0.5, 0.6) is 0 Å². The molecule has 1 nitrogen and oxygen atoms in total. The zero-order valence-corrected chi connectivity index (χ0v) is 12.9. The van der Waals surface area contributed by atoms with Crippen LogP contribution < -0.4 is 5.73 Å². The molecular weight excluding hydrogens is 218 g/mol. The zero-order valence-electron chi connectivity index (χ0n) is 12.9. The summed E-state index contributed by atoms with van der Waals surface area (Å²) in [6, 6.07) is 6.62. The molecule has 0 aliphatic heterocycles. The minimum atomic E-state index is 0.169. The molecule has 0 spiro atoms. The van der Waals surface area contributed by atoms with Crippen molar-refractivity contribution in [1.29, 1.82) is 0 Å². The van der Waals surface area contributed by atoms with Gasteiger partial charge in [0.15, 0.2) is 0 Å². The highest BCUT2D eigenvalue weighted by Crippen LogP contribution is 2.30. The second-order valence-corrected chi connectivity index (χ2v) is 7.00. The van der Waals surface area contributed by atoms with Gasteiger partial charge < -0.3 is 5.73 Å². The van der Waals surface area contributed by atoms with E-state index in [4.69, 9.17) is 5.73 Å². The highest BCUT2D eigenvalue weighted by molar-refractivity contribution is 5.35. The summed E-state index contributed by atoms with van der Waals surface area (Å²) in [6.45, 7) is 13.5. The van der Waals surface area contributed by atoms with Gasteiger partial charge in [-0.1, -0.05) is 45.9 Å². The van der Waals surface area contributed by atoms with E-state index in [1.165, 1.54) is 23.1 Å². The molecular formula is C17H29N. The van der Waals surface area contributed by atoms with E-state index in [0.717, 1.165) is 6.42 Å². The number of aryl methyl sites for hydroxylation is 1. The minimum absolute atomic E-state index is 0.169. The lowest BCUT2D eigenvalue weighted by Crippen LogP contribution is -2.19. The fraction of sp³-hybridized carbons (Fsp3) is 0.647. The highest BCUT2D eigenvalue weighted by atomic mass is 14.6. The van der Waals surface area contributed by atoms with Gasteiger partial charge in [-0.15, -0.1) is 0 Å².